The summed E-state index contributed by atoms with van der Waals surface area (Å²) in [7, 11) is 1.75. The van der Waals surface area contributed by atoms with E-state index in [0.29, 0.717) is 6.04 Å². The van der Waals surface area contributed by atoms with E-state index in [0.717, 1.165) is 33.8 Å². The molecule has 0 amide bonds. The molecule has 3 rings (SSSR count). The topological polar surface area (TPSA) is 25.4 Å². The summed E-state index contributed by atoms with van der Waals surface area (Å²) in [5.41, 5.74) is 1.63. The molecular weight excluding hydrogens is 287 g/mol. The van der Waals surface area contributed by atoms with E-state index in [1.54, 1.807) is 13.2 Å². The van der Waals surface area contributed by atoms with Crippen LogP contribution >= 0.6 is 11.3 Å². The third-order valence-electron chi connectivity index (χ3n) is 4.48. The molecule has 1 aromatic heterocycles. The van der Waals surface area contributed by atoms with Gasteiger partial charge in [0.15, 0.2) is 0 Å². The molecule has 5 heteroatoms. The van der Waals surface area contributed by atoms with E-state index in [4.69, 9.17) is 4.74 Å². The molecule has 1 fully saturated rings. The van der Waals surface area contributed by atoms with Crippen molar-refractivity contribution >= 4 is 21.6 Å². The summed E-state index contributed by atoms with van der Waals surface area (Å²) in [4.78, 5) is 6.80. The van der Waals surface area contributed by atoms with Crippen LogP contribution in [0, 0.1) is 12.7 Å². The van der Waals surface area contributed by atoms with Gasteiger partial charge in [-0.15, -0.1) is 11.3 Å². The van der Waals surface area contributed by atoms with Gasteiger partial charge in [0.25, 0.3) is 0 Å². The van der Waals surface area contributed by atoms with Crippen LogP contribution in [-0.4, -0.2) is 35.7 Å². The van der Waals surface area contributed by atoms with Gasteiger partial charge in [0.05, 0.1) is 21.3 Å². The highest BCUT2D eigenvalue weighted by Gasteiger charge is 2.33. The van der Waals surface area contributed by atoms with Gasteiger partial charge in [-0.25, -0.2) is 9.37 Å². The molecule has 114 valence electrons. The molecule has 2 aromatic rings. The second-order valence-corrected chi connectivity index (χ2v) is 7.12. The van der Waals surface area contributed by atoms with Crippen molar-refractivity contribution in [3.63, 3.8) is 0 Å². The van der Waals surface area contributed by atoms with Crippen molar-refractivity contribution in [3.8, 4) is 0 Å². The highest BCUT2D eigenvalue weighted by Crippen LogP contribution is 2.34. The highest BCUT2D eigenvalue weighted by atomic mass is 32.1. The molecule has 0 bridgehead atoms. The number of nitrogens with zero attached hydrogens (tertiary/aromatic N) is 2. The normalized spacial score (nSPS) is 24.8. The maximum absolute atomic E-state index is 14.5. The lowest BCUT2D eigenvalue weighted by Gasteiger charge is -2.29. The van der Waals surface area contributed by atoms with Gasteiger partial charge in [-0.1, -0.05) is 0 Å². The second kappa shape index (κ2) is 5.63. The fraction of sp³-hybridized carbons (Fsp3) is 0.562. The van der Waals surface area contributed by atoms with Crippen molar-refractivity contribution in [3.05, 3.63) is 28.5 Å². The van der Waals surface area contributed by atoms with Crippen LogP contribution < -0.4 is 0 Å². The van der Waals surface area contributed by atoms with Crippen LogP contribution in [0.25, 0.3) is 10.2 Å². The Kier molecular flexibility index (Phi) is 3.99. The molecule has 3 atom stereocenters. The number of rotatable bonds is 3. The number of hydrogen-bond donors (Lipinski definition) is 0. The Balaban J connectivity index is 1.93. The zero-order valence-electron chi connectivity index (χ0n) is 12.9. The zero-order chi connectivity index (χ0) is 15.1. The van der Waals surface area contributed by atoms with Crippen LogP contribution in [0.2, 0.25) is 0 Å². The maximum atomic E-state index is 14.5. The summed E-state index contributed by atoms with van der Waals surface area (Å²) in [6, 6.07) is 3.97. The van der Waals surface area contributed by atoms with Gasteiger partial charge in [0.1, 0.15) is 5.82 Å². The Morgan fingerprint density at radius 2 is 2.24 bits per heavy atom. The molecule has 0 radical (unpaired) electrons. The van der Waals surface area contributed by atoms with Crippen molar-refractivity contribution in [2.24, 2.45) is 0 Å². The molecule has 1 aromatic carbocycles. The number of thiazole rings is 1. The minimum absolute atomic E-state index is 0.0338. The summed E-state index contributed by atoms with van der Waals surface area (Å²) < 4.78 is 20.8. The number of likely N-dealkylation sites (tertiary alicyclic amines) is 1. The molecule has 2 heterocycles. The van der Waals surface area contributed by atoms with E-state index in [1.165, 1.54) is 11.3 Å². The number of aryl methyl sites for hydroxylation is 1. The Bertz CT molecular complexity index is 657. The van der Waals surface area contributed by atoms with Crippen LogP contribution in [-0.2, 0) is 4.74 Å². The molecule has 1 saturated heterocycles. The molecular formula is C16H21FN2OS. The molecule has 21 heavy (non-hydrogen) atoms. The fourth-order valence-corrected chi connectivity index (χ4v) is 4.13. The summed E-state index contributed by atoms with van der Waals surface area (Å²) in [6.45, 7) is 7.06. The first-order valence-electron chi connectivity index (χ1n) is 7.34. The van der Waals surface area contributed by atoms with Crippen LogP contribution in [0.15, 0.2) is 12.1 Å². The molecule has 0 spiro atoms. The van der Waals surface area contributed by atoms with E-state index in [2.05, 4.69) is 23.7 Å². The van der Waals surface area contributed by atoms with Gasteiger partial charge in [-0.3, -0.25) is 4.90 Å². The molecule has 0 N–H and O–H groups in total. The van der Waals surface area contributed by atoms with E-state index in [-0.39, 0.29) is 18.0 Å². The zero-order valence-corrected chi connectivity index (χ0v) is 13.7. The Labute approximate surface area is 128 Å². The van der Waals surface area contributed by atoms with Crippen molar-refractivity contribution in [1.29, 1.82) is 0 Å². The standard InChI is InChI=1S/C16H21FN2OS/c1-9-5-12(20-4)8-19(9)10(2)13-6-15-16(7-14(13)17)21-11(3)18-15/h6-7,9-10,12H,5,8H2,1-4H3/t9-,10-,12+/m0/s1. The predicted molar refractivity (Wildman–Crippen MR) is 84.3 cm³/mol. The van der Waals surface area contributed by atoms with Crippen molar-refractivity contribution < 1.29 is 9.13 Å². The second-order valence-electron chi connectivity index (χ2n) is 5.89. The molecule has 3 nitrogen and oxygen atoms in total. The number of methoxy groups -OCH3 is 1. The molecule has 0 saturated carbocycles. The van der Waals surface area contributed by atoms with E-state index in [9.17, 15) is 4.39 Å². The van der Waals surface area contributed by atoms with Crippen LogP contribution in [0.1, 0.15) is 36.9 Å². The third-order valence-corrected chi connectivity index (χ3v) is 5.41. The lowest BCUT2D eigenvalue weighted by Crippen LogP contribution is -2.31. The van der Waals surface area contributed by atoms with E-state index < -0.39 is 0 Å². The summed E-state index contributed by atoms with van der Waals surface area (Å²) in [5.74, 6) is -0.133. The third kappa shape index (κ3) is 2.70. The van der Waals surface area contributed by atoms with Crippen molar-refractivity contribution in [2.45, 2.75) is 45.4 Å². The lowest BCUT2D eigenvalue weighted by molar-refractivity contribution is 0.101. The lowest BCUT2D eigenvalue weighted by atomic mass is 10.0. The first-order chi connectivity index (χ1) is 9.99. The summed E-state index contributed by atoms with van der Waals surface area (Å²) in [6.07, 6.45) is 1.25. The van der Waals surface area contributed by atoms with Crippen LogP contribution in [0.5, 0.6) is 0 Å². The van der Waals surface area contributed by atoms with Gasteiger partial charge >= 0.3 is 0 Å². The fourth-order valence-electron chi connectivity index (χ4n) is 3.30. The SMILES string of the molecule is CO[C@@H]1C[C@H](C)N([C@@H](C)c2cc3nc(C)sc3cc2F)C1. The average molecular weight is 308 g/mol. The van der Waals surface area contributed by atoms with Gasteiger partial charge in [0.2, 0.25) is 0 Å². The number of ether oxygens (including phenoxy) is 1. The van der Waals surface area contributed by atoms with Crippen LogP contribution in [0.3, 0.4) is 0 Å². The van der Waals surface area contributed by atoms with Crippen molar-refractivity contribution in [1.82, 2.24) is 9.88 Å². The molecule has 0 aliphatic carbocycles. The number of halogens is 1. The quantitative estimate of drug-likeness (QED) is 0.859. The van der Waals surface area contributed by atoms with Gasteiger partial charge < -0.3 is 4.74 Å². The monoisotopic (exact) mass is 308 g/mol. The molecule has 0 unspecified atom stereocenters. The Morgan fingerprint density at radius 3 is 2.90 bits per heavy atom. The Hall–Kier alpha value is -1.04. The minimum Gasteiger partial charge on any atom is -0.380 e. The molecule has 1 aliphatic heterocycles. The smallest absolute Gasteiger partial charge is 0.129 e. The number of fused-ring (bicyclic) bond motifs is 1. The highest BCUT2D eigenvalue weighted by molar-refractivity contribution is 7.18. The number of hydrogen-bond acceptors (Lipinski definition) is 4. The van der Waals surface area contributed by atoms with Crippen molar-refractivity contribution in [2.75, 3.05) is 13.7 Å². The average Bonchev–Trinajstić information content (AvgIpc) is 2.98. The van der Waals surface area contributed by atoms with Gasteiger partial charge in [-0.05, 0) is 39.3 Å². The number of aromatic nitrogens is 1. The summed E-state index contributed by atoms with van der Waals surface area (Å²) in [5, 5.41) is 0.975. The first kappa shape index (κ1) is 14.9. The first-order valence-corrected chi connectivity index (χ1v) is 8.16. The van der Waals surface area contributed by atoms with Gasteiger partial charge in [0, 0.05) is 31.3 Å². The maximum Gasteiger partial charge on any atom is 0.129 e. The van der Waals surface area contributed by atoms with Gasteiger partial charge in [-0.2, -0.15) is 0 Å². The van der Waals surface area contributed by atoms with E-state index in [1.807, 2.05) is 13.0 Å². The predicted octanol–water partition coefficient (Wildman–Crippen LogP) is 3.91. The summed E-state index contributed by atoms with van der Waals surface area (Å²) >= 11 is 1.54. The largest absolute Gasteiger partial charge is 0.380 e. The molecule has 1 aliphatic rings. The van der Waals surface area contributed by atoms with E-state index >= 15 is 0 Å². The number of benzene rings is 1. The van der Waals surface area contributed by atoms with Crippen LogP contribution in [0.4, 0.5) is 4.39 Å². The Morgan fingerprint density at radius 1 is 1.48 bits per heavy atom. The minimum atomic E-state index is -0.133.